The Bertz CT molecular complexity index is 1280. The third-order valence-corrected chi connectivity index (χ3v) is 9.74. The monoisotopic (exact) mass is 542 g/mol. The molecule has 210 valence electrons. The number of fused-ring (bicyclic) bond motifs is 5. The first-order chi connectivity index (χ1) is 18.1. The number of aliphatic hydroxyl groups excluding tert-OH is 2. The van der Waals surface area contributed by atoms with E-state index < -0.39 is 75.9 Å². The van der Waals surface area contributed by atoms with Gasteiger partial charge in [0.25, 0.3) is 0 Å². The molecule has 10 nitrogen and oxygen atoms in total. The molecule has 2 bridgehead atoms. The molecule has 1 aromatic rings. The largest absolute Gasteiger partial charge is 0.455 e. The summed E-state index contributed by atoms with van der Waals surface area (Å²) in [7, 11) is 0. The summed E-state index contributed by atoms with van der Waals surface area (Å²) in [6, 6.07) is 8.02. The van der Waals surface area contributed by atoms with Crippen molar-refractivity contribution in [3.05, 3.63) is 47.0 Å². The molecule has 3 fully saturated rings. The number of Topliss-reactive ketones (excluding diaryl/α,β-unsaturated/α-hetero) is 2. The topological polar surface area (TPSA) is 157 Å². The van der Waals surface area contributed by atoms with E-state index in [4.69, 9.17) is 14.2 Å². The predicted molar refractivity (Wildman–Crippen MR) is 134 cm³/mol. The highest BCUT2D eigenvalue weighted by Gasteiger charge is 2.78. The van der Waals surface area contributed by atoms with Crippen LogP contribution in [-0.4, -0.2) is 81.0 Å². The second-order valence-electron chi connectivity index (χ2n) is 12.0. The van der Waals surface area contributed by atoms with Gasteiger partial charge in [-0.2, -0.15) is 0 Å². The van der Waals surface area contributed by atoms with Gasteiger partial charge in [-0.15, -0.1) is 0 Å². The molecular weight excluding hydrogens is 508 g/mol. The van der Waals surface area contributed by atoms with Gasteiger partial charge in [0.05, 0.1) is 35.7 Å². The van der Waals surface area contributed by atoms with E-state index >= 15 is 0 Å². The number of aliphatic hydroxyl groups is 3. The SMILES string of the molecule is CC(=O)O[C@@]12CO[C@@H]1C[C@@H](O)[C@@]1(C)C(=O)C(=O)C3=C(C)[C@@H](O)C[C@@](O)([C@@H](OC(=O)c4ccccc4)C12)C3(C)C. The molecule has 1 heterocycles. The van der Waals surface area contributed by atoms with Crippen LogP contribution < -0.4 is 0 Å². The maximum atomic E-state index is 14.2. The molecular formula is C29H34O10. The van der Waals surface area contributed by atoms with Gasteiger partial charge >= 0.3 is 11.9 Å². The first-order valence-electron chi connectivity index (χ1n) is 13.1. The van der Waals surface area contributed by atoms with E-state index in [1.807, 2.05) is 0 Å². The van der Waals surface area contributed by atoms with Crippen LogP contribution in [0.5, 0.6) is 0 Å². The molecule has 39 heavy (non-hydrogen) atoms. The fourth-order valence-corrected chi connectivity index (χ4v) is 7.45. The maximum Gasteiger partial charge on any atom is 0.338 e. The summed E-state index contributed by atoms with van der Waals surface area (Å²) in [5, 5.41) is 35.1. The van der Waals surface area contributed by atoms with E-state index in [0.717, 1.165) is 0 Å². The van der Waals surface area contributed by atoms with Gasteiger partial charge in [0.15, 0.2) is 5.60 Å². The lowest BCUT2D eigenvalue weighted by atomic mass is 9.45. The van der Waals surface area contributed by atoms with Crippen LogP contribution in [0.2, 0.25) is 0 Å². The number of hydrogen-bond donors (Lipinski definition) is 3. The highest BCUT2D eigenvalue weighted by molar-refractivity contribution is 6.46. The van der Waals surface area contributed by atoms with Gasteiger partial charge in [-0.3, -0.25) is 14.4 Å². The van der Waals surface area contributed by atoms with Gasteiger partial charge in [-0.05, 0) is 31.6 Å². The molecule has 8 atom stereocenters. The van der Waals surface area contributed by atoms with Gasteiger partial charge in [0, 0.05) is 30.8 Å². The smallest absolute Gasteiger partial charge is 0.338 e. The number of benzene rings is 1. The summed E-state index contributed by atoms with van der Waals surface area (Å²) in [5.41, 5.74) is -6.86. The van der Waals surface area contributed by atoms with Crippen molar-refractivity contribution in [2.75, 3.05) is 6.61 Å². The average Bonchev–Trinajstić information content (AvgIpc) is 2.87. The van der Waals surface area contributed by atoms with E-state index in [1.54, 1.807) is 32.0 Å². The van der Waals surface area contributed by atoms with E-state index in [2.05, 4.69) is 0 Å². The normalized spacial score (nSPS) is 40.9. The molecule has 1 unspecified atom stereocenters. The standard InChI is InChI=1S/C29H34O10/c1-14-17(31)12-29(36)24(38-25(35)16-9-7-6-8-10-16)22-27(5,23(34)21(33)20(14)26(29,3)4)18(32)11-19-28(22,13-37-19)39-15(2)30/h6-10,17-19,22,24,31-32,36H,11-13H2,1-5H3/t17-,18+,19+,22?,24-,27+,28-,29+/m0/s1. The molecule has 10 heteroatoms. The number of esters is 2. The summed E-state index contributed by atoms with van der Waals surface area (Å²) in [4.78, 5) is 54.1. The Morgan fingerprint density at radius 1 is 1.08 bits per heavy atom. The Balaban J connectivity index is 1.82. The lowest BCUT2D eigenvalue weighted by Gasteiger charge is -2.66. The lowest BCUT2D eigenvalue weighted by molar-refractivity contribution is -0.343. The highest BCUT2D eigenvalue weighted by Crippen LogP contribution is 2.63. The number of carbonyl (C=O) groups excluding carboxylic acids is 4. The van der Waals surface area contributed by atoms with Crippen LogP contribution in [-0.2, 0) is 28.6 Å². The van der Waals surface area contributed by atoms with Crippen molar-refractivity contribution in [2.24, 2.45) is 16.7 Å². The van der Waals surface area contributed by atoms with Gasteiger partial charge in [0.1, 0.15) is 17.8 Å². The Morgan fingerprint density at radius 3 is 2.28 bits per heavy atom. The van der Waals surface area contributed by atoms with Crippen molar-refractivity contribution >= 4 is 23.5 Å². The number of ether oxygens (including phenoxy) is 3. The molecule has 1 aromatic carbocycles. The summed E-state index contributed by atoms with van der Waals surface area (Å²) >= 11 is 0. The minimum Gasteiger partial charge on any atom is -0.455 e. The highest BCUT2D eigenvalue weighted by atomic mass is 16.6. The van der Waals surface area contributed by atoms with Crippen LogP contribution in [0.1, 0.15) is 57.8 Å². The van der Waals surface area contributed by atoms with E-state index in [-0.39, 0.29) is 36.2 Å². The maximum absolute atomic E-state index is 14.2. The molecule has 1 saturated heterocycles. The summed E-state index contributed by atoms with van der Waals surface area (Å²) in [5.74, 6) is -4.86. The van der Waals surface area contributed by atoms with Crippen LogP contribution in [0.25, 0.3) is 0 Å². The Morgan fingerprint density at radius 2 is 1.72 bits per heavy atom. The van der Waals surface area contributed by atoms with E-state index in [9.17, 15) is 34.5 Å². The van der Waals surface area contributed by atoms with Gasteiger partial charge in [-0.25, -0.2) is 4.79 Å². The van der Waals surface area contributed by atoms with Crippen LogP contribution in [0, 0.1) is 16.7 Å². The predicted octanol–water partition coefficient (Wildman–Crippen LogP) is 1.29. The van der Waals surface area contributed by atoms with Crippen molar-refractivity contribution < 1.29 is 48.7 Å². The van der Waals surface area contributed by atoms with Crippen LogP contribution in [0.4, 0.5) is 0 Å². The fourth-order valence-electron chi connectivity index (χ4n) is 7.45. The number of carbonyl (C=O) groups is 4. The Hall–Kier alpha value is -2.92. The second kappa shape index (κ2) is 8.79. The zero-order valence-corrected chi connectivity index (χ0v) is 22.6. The summed E-state index contributed by atoms with van der Waals surface area (Å²) < 4.78 is 17.6. The molecule has 3 N–H and O–H groups in total. The summed E-state index contributed by atoms with van der Waals surface area (Å²) in [6.07, 6.45) is -5.74. The molecule has 3 aliphatic carbocycles. The third-order valence-electron chi connectivity index (χ3n) is 9.74. The molecule has 5 rings (SSSR count). The van der Waals surface area contributed by atoms with Crippen LogP contribution in [0.15, 0.2) is 41.5 Å². The minimum absolute atomic E-state index is 0.0881. The Labute approximate surface area is 225 Å². The molecule has 1 aliphatic heterocycles. The zero-order chi connectivity index (χ0) is 28.7. The van der Waals surface area contributed by atoms with E-state index in [0.29, 0.717) is 0 Å². The first-order valence-corrected chi connectivity index (χ1v) is 13.1. The van der Waals surface area contributed by atoms with Crippen LogP contribution >= 0.6 is 0 Å². The van der Waals surface area contributed by atoms with Crippen molar-refractivity contribution in [3.8, 4) is 0 Å². The van der Waals surface area contributed by atoms with Crippen LogP contribution in [0.3, 0.4) is 0 Å². The van der Waals surface area contributed by atoms with Crippen molar-refractivity contribution in [3.63, 3.8) is 0 Å². The fraction of sp³-hybridized carbons (Fsp3) is 0.586. The molecule has 2 saturated carbocycles. The van der Waals surface area contributed by atoms with Crippen molar-refractivity contribution in [1.82, 2.24) is 0 Å². The molecule has 4 aliphatic rings. The number of hydrogen-bond acceptors (Lipinski definition) is 10. The second-order valence-corrected chi connectivity index (χ2v) is 12.0. The molecule has 0 radical (unpaired) electrons. The summed E-state index contributed by atoms with van der Waals surface area (Å²) in [6.45, 7) is 7.00. The molecule has 0 aromatic heterocycles. The third kappa shape index (κ3) is 3.54. The molecule has 0 spiro atoms. The van der Waals surface area contributed by atoms with Gasteiger partial charge < -0.3 is 29.5 Å². The average molecular weight is 543 g/mol. The van der Waals surface area contributed by atoms with Gasteiger partial charge in [-0.1, -0.05) is 32.0 Å². The minimum atomic E-state index is -2.13. The Kier molecular flexibility index (Phi) is 6.23. The number of rotatable bonds is 3. The lowest BCUT2D eigenvalue weighted by Crippen LogP contribution is -2.81. The zero-order valence-electron chi connectivity index (χ0n) is 22.6. The van der Waals surface area contributed by atoms with Gasteiger partial charge in [0.2, 0.25) is 11.6 Å². The first kappa shape index (κ1) is 27.6. The quantitative estimate of drug-likeness (QED) is 0.376. The van der Waals surface area contributed by atoms with Crippen molar-refractivity contribution in [1.29, 1.82) is 0 Å². The molecule has 0 amide bonds. The van der Waals surface area contributed by atoms with Crippen molar-refractivity contribution in [2.45, 2.75) is 83.1 Å². The number of ketones is 2. The van der Waals surface area contributed by atoms with E-state index in [1.165, 1.54) is 32.9 Å².